The zero-order chi connectivity index (χ0) is 35.6. The zero-order valence-electron chi connectivity index (χ0n) is 29.2. The quantitative estimate of drug-likeness (QED) is 0.187. The third-order valence-electron chi connectivity index (χ3n) is 10.9. The van der Waals surface area contributed by atoms with Crippen LogP contribution >= 0.6 is 0 Å². The molecule has 4 heteroatoms. The van der Waals surface area contributed by atoms with Gasteiger partial charge in [0, 0.05) is 33.7 Å². The number of fused-ring (bicyclic) bond motifs is 12. The van der Waals surface area contributed by atoms with Gasteiger partial charge >= 0.3 is 0 Å². The third-order valence-corrected chi connectivity index (χ3v) is 10.9. The highest BCUT2D eigenvalue weighted by atomic mass is 15.0. The Bertz CT molecular complexity index is 3010. The lowest BCUT2D eigenvalue weighted by atomic mass is 9.80. The van der Waals surface area contributed by atoms with Crippen molar-refractivity contribution in [3.05, 3.63) is 199 Å². The van der Waals surface area contributed by atoms with Gasteiger partial charge in [0.15, 0.2) is 0 Å². The Labute approximate surface area is 312 Å². The average Bonchev–Trinajstić information content (AvgIpc) is 3.26. The van der Waals surface area contributed by atoms with E-state index in [0.29, 0.717) is 0 Å². The first-order valence-corrected chi connectivity index (χ1v) is 18.4. The first-order valence-electron chi connectivity index (χ1n) is 18.4. The van der Waals surface area contributed by atoms with E-state index in [1.807, 2.05) is 6.20 Å². The maximum Gasteiger partial charge on any atom is 0.0979 e. The number of hydrogen-bond donors (Lipinski definition) is 1. The van der Waals surface area contributed by atoms with E-state index in [-0.39, 0.29) is 6.04 Å². The number of aromatic nitrogens is 2. The molecule has 1 atom stereocenters. The normalized spacial score (nSPS) is 14.5. The molecule has 0 saturated heterocycles. The standard InChI is InChI=1S/C50H32N4/c1-5-22-41-37(18-1)39-20-3-7-24-43(39)49-47(41)51-29-45(53-49)35-16-10-14-33(27-35)31-12-9-13-32(26-31)34-15-11-17-36(28-34)46-30-52-48-42-23-6-2-19-38(42)40-21-4-8-25-44(40)50(48)54-46/h1-30,47,51H. The molecule has 1 N–H and O–H groups in total. The van der Waals surface area contributed by atoms with Crippen molar-refractivity contribution in [2.75, 3.05) is 0 Å². The largest absolute Gasteiger partial charge is 0.377 e. The lowest BCUT2D eigenvalue weighted by Gasteiger charge is -2.32. The minimum absolute atomic E-state index is 0.0234. The van der Waals surface area contributed by atoms with Gasteiger partial charge in [-0.1, -0.05) is 152 Å². The van der Waals surface area contributed by atoms with Crippen molar-refractivity contribution < 1.29 is 0 Å². The van der Waals surface area contributed by atoms with E-state index in [1.54, 1.807) is 0 Å². The number of nitrogens with zero attached hydrogens (tertiary/aromatic N) is 3. The first kappa shape index (κ1) is 30.5. The predicted octanol–water partition coefficient (Wildman–Crippen LogP) is 12.0. The molecule has 4 nitrogen and oxygen atoms in total. The van der Waals surface area contributed by atoms with Crippen molar-refractivity contribution >= 4 is 44.0 Å². The zero-order valence-corrected chi connectivity index (χ0v) is 29.2. The van der Waals surface area contributed by atoms with Gasteiger partial charge in [-0.25, -0.2) is 9.98 Å². The van der Waals surface area contributed by atoms with Gasteiger partial charge < -0.3 is 5.32 Å². The molecule has 1 aliphatic carbocycles. The minimum Gasteiger partial charge on any atom is -0.377 e. The molecule has 11 rings (SSSR count). The SMILES string of the molecule is C1=C(c2cccc(-c3cccc(-c4cccc(-c5cnc6c7ccccc7c7ccccc7c6n5)c4)c3)c2)N=C2c3ccccc3-c3ccccc3C2N1. The van der Waals surface area contributed by atoms with Gasteiger partial charge in [0.2, 0.25) is 0 Å². The summed E-state index contributed by atoms with van der Waals surface area (Å²) in [7, 11) is 0. The number of hydrogen-bond acceptors (Lipinski definition) is 4. The molecule has 0 spiro atoms. The fourth-order valence-electron chi connectivity index (χ4n) is 8.36. The summed E-state index contributed by atoms with van der Waals surface area (Å²) in [6, 6.07) is 60.3. The smallest absolute Gasteiger partial charge is 0.0979 e. The molecule has 1 aliphatic heterocycles. The highest BCUT2D eigenvalue weighted by Gasteiger charge is 2.31. The molecule has 2 heterocycles. The van der Waals surface area contributed by atoms with Crippen LogP contribution in [0.4, 0.5) is 0 Å². The second kappa shape index (κ2) is 12.2. The van der Waals surface area contributed by atoms with Gasteiger partial charge in [0.1, 0.15) is 0 Å². The van der Waals surface area contributed by atoms with Gasteiger partial charge in [-0.15, -0.1) is 0 Å². The summed E-state index contributed by atoms with van der Waals surface area (Å²) >= 11 is 0. The summed E-state index contributed by atoms with van der Waals surface area (Å²) in [5, 5.41) is 8.33. The summed E-state index contributed by atoms with van der Waals surface area (Å²) < 4.78 is 0. The van der Waals surface area contributed by atoms with Crippen LogP contribution in [-0.4, -0.2) is 15.7 Å². The van der Waals surface area contributed by atoms with Crippen LogP contribution in [0, 0.1) is 0 Å². The second-order valence-electron chi connectivity index (χ2n) is 14.0. The number of rotatable bonds is 4. The van der Waals surface area contributed by atoms with E-state index in [2.05, 4.69) is 181 Å². The van der Waals surface area contributed by atoms with Crippen LogP contribution in [0.3, 0.4) is 0 Å². The summed E-state index contributed by atoms with van der Waals surface area (Å²) in [6.07, 6.45) is 3.98. The monoisotopic (exact) mass is 688 g/mol. The molecular weight excluding hydrogens is 657 g/mol. The van der Waals surface area contributed by atoms with Crippen LogP contribution in [-0.2, 0) is 0 Å². The highest BCUT2D eigenvalue weighted by molar-refractivity contribution is 6.23. The molecule has 54 heavy (non-hydrogen) atoms. The third kappa shape index (κ3) is 4.88. The van der Waals surface area contributed by atoms with Crippen molar-refractivity contribution in [1.82, 2.24) is 15.3 Å². The van der Waals surface area contributed by atoms with E-state index in [4.69, 9.17) is 15.0 Å². The fraction of sp³-hybridized carbons (Fsp3) is 0.0200. The number of aliphatic imine (C=N–C) groups is 1. The van der Waals surface area contributed by atoms with Crippen molar-refractivity contribution in [3.8, 4) is 44.6 Å². The molecule has 0 radical (unpaired) electrons. The second-order valence-corrected chi connectivity index (χ2v) is 14.0. The van der Waals surface area contributed by atoms with Crippen LogP contribution in [0.25, 0.3) is 82.9 Å². The van der Waals surface area contributed by atoms with Gasteiger partial charge in [0.25, 0.3) is 0 Å². The number of benzene rings is 8. The highest BCUT2D eigenvalue weighted by Crippen LogP contribution is 2.42. The van der Waals surface area contributed by atoms with Crippen molar-refractivity contribution in [2.24, 2.45) is 4.99 Å². The summed E-state index contributed by atoms with van der Waals surface area (Å²) in [5.41, 5.74) is 16.3. The van der Waals surface area contributed by atoms with E-state index < -0.39 is 0 Å². The van der Waals surface area contributed by atoms with Crippen LogP contribution in [0.2, 0.25) is 0 Å². The summed E-state index contributed by atoms with van der Waals surface area (Å²) in [4.78, 5) is 15.6. The van der Waals surface area contributed by atoms with Gasteiger partial charge in [-0.05, 0) is 67.9 Å². The molecule has 0 amide bonds. The maximum atomic E-state index is 5.31. The number of nitrogens with one attached hydrogen (secondary N) is 1. The molecular formula is C50H32N4. The topological polar surface area (TPSA) is 50.2 Å². The molecule has 1 aromatic heterocycles. The van der Waals surface area contributed by atoms with E-state index in [1.165, 1.54) is 33.0 Å². The Morgan fingerprint density at radius 1 is 0.426 bits per heavy atom. The maximum absolute atomic E-state index is 5.31. The molecule has 0 bridgehead atoms. The lowest BCUT2D eigenvalue weighted by molar-refractivity contribution is 0.780. The van der Waals surface area contributed by atoms with Gasteiger partial charge in [-0.3, -0.25) is 4.98 Å². The Morgan fingerprint density at radius 3 is 1.65 bits per heavy atom. The summed E-state index contributed by atoms with van der Waals surface area (Å²) in [6.45, 7) is 0. The first-order chi connectivity index (χ1) is 26.8. The Hall–Kier alpha value is -7.17. The lowest BCUT2D eigenvalue weighted by Crippen LogP contribution is -2.32. The molecule has 2 aliphatic rings. The fourth-order valence-corrected chi connectivity index (χ4v) is 8.36. The Morgan fingerprint density at radius 2 is 0.944 bits per heavy atom. The molecule has 252 valence electrons. The Kier molecular flexibility index (Phi) is 6.89. The molecule has 0 fully saturated rings. The van der Waals surface area contributed by atoms with Crippen molar-refractivity contribution in [1.29, 1.82) is 0 Å². The van der Waals surface area contributed by atoms with E-state index in [0.717, 1.165) is 72.3 Å². The van der Waals surface area contributed by atoms with Crippen LogP contribution < -0.4 is 5.32 Å². The Balaban J connectivity index is 0.935. The molecule has 1 unspecified atom stereocenters. The van der Waals surface area contributed by atoms with E-state index in [9.17, 15) is 0 Å². The molecule has 0 saturated carbocycles. The van der Waals surface area contributed by atoms with Gasteiger partial charge in [-0.2, -0.15) is 0 Å². The average molecular weight is 689 g/mol. The molecule has 9 aromatic rings. The van der Waals surface area contributed by atoms with Crippen LogP contribution in [0.5, 0.6) is 0 Å². The van der Waals surface area contributed by atoms with Crippen LogP contribution in [0.1, 0.15) is 22.7 Å². The summed E-state index contributed by atoms with van der Waals surface area (Å²) in [5.74, 6) is 0. The van der Waals surface area contributed by atoms with Crippen LogP contribution in [0.15, 0.2) is 187 Å². The predicted molar refractivity (Wildman–Crippen MR) is 223 cm³/mol. The van der Waals surface area contributed by atoms with E-state index >= 15 is 0 Å². The van der Waals surface area contributed by atoms with Crippen molar-refractivity contribution in [2.45, 2.75) is 6.04 Å². The minimum atomic E-state index is 0.0234. The van der Waals surface area contributed by atoms with Gasteiger partial charge in [0.05, 0.1) is 40.4 Å². The van der Waals surface area contributed by atoms with Crippen molar-refractivity contribution in [3.63, 3.8) is 0 Å². The molecule has 8 aromatic carbocycles.